The summed E-state index contributed by atoms with van der Waals surface area (Å²) in [5.41, 5.74) is 2.41. The minimum absolute atomic E-state index is 0.0573. The topological polar surface area (TPSA) is 56.1 Å². The van der Waals surface area contributed by atoms with Gasteiger partial charge in [-0.25, -0.2) is 4.98 Å². The fourth-order valence-corrected chi connectivity index (χ4v) is 2.53. The van der Waals surface area contributed by atoms with Gasteiger partial charge in [0, 0.05) is 26.0 Å². The van der Waals surface area contributed by atoms with Crippen LogP contribution in [-0.2, 0) is 22.4 Å². The molecule has 1 heterocycles. The average Bonchev–Trinajstić information content (AvgIpc) is 2.86. The van der Waals surface area contributed by atoms with Crippen molar-refractivity contribution in [3.05, 3.63) is 17.7 Å². The summed E-state index contributed by atoms with van der Waals surface area (Å²) in [5.74, 6) is 0.0573. The van der Waals surface area contributed by atoms with Gasteiger partial charge in [-0.3, -0.25) is 4.79 Å². The van der Waals surface area contributed by atoms with Gasteiger partial charge in [-0.1, -0.05) is 0 Å². The number of aromatic nitrogens is 2. The van der Waals surface area contributed by atoms with Crippen LogP contribution in [0.5, 0.6) is 0 Å². The Morgan fingerprint density at radius 1 is 1.53 bits per heavy atom. The van der Waals surface area contributed by atoms with Crippen LogP contribution in [0.4, 0.5) is 0 Å². The van der Waals surface area contributed by atoms with Gasteiger partial charge in [0.2, 0.25) is 5.91 Å². The molecule has 5 heteroatoms. The van der Waals surface area contributed by atoms with Crippen molar-refractivity contribution in [2.24, 2.45) is 0 Å². The molecule has 2 rings (SSSR count). The Balaban J connectivity index is 1.93. The summed E-state index contributed by atoms with van der Waals surface area (Å²) < 4.78 is 6.99. The van der Waals surface area contributed by atoms with E-state index in [9.17, 15) is 4.79 Å². The number of hydrogen-bond donors (Lipinski definition) is 1. The molecular formula is C14H23N3O2. The molecule has 1 aromatic heterocycles. The first-order chi connectivity index (χ1) is 9.24. The summed E-state index contributed by atoms with van der Waals surface area (Å²) in [5, 5.41) is 2.94. The zero-order chi connectivity index (χ0) is 13.7. The van der Waals surface area contributed by atoms with E-state index in [0.717, 1.165) is 19.3 Å². The molecule has 1 amide bonds. The number of nitrogens with zero attached hydrogens (tertiary/aromatic N) is 2. The van der Waals surface area contributed by atoms with Crippen LogP contribution in [0.2, 0.25) is 0 Å². The molecule has 1 aliphatic carbocycles. The molecule has 0 bridgehead atoms. The Morgan fingerprint density at radius 2 is 2.32 bits per heavy atom. The average molecular weight is 265 g/mol. The molecule has 0 radical (unpaired) electrons. The molecule has 1 N–H and O–H groups in total. The molecule has 0 aliphatic heterocycles. The number of aryl methyl sites for hydroxylation is 1. The minimum atomic E-state index is -0.183. The van der Waals surface area contributed by atoms with Gasteiger partial charge < -0.3 is 14.6 Å². The maximum Gasteiger partial charge on any atom is 0.242 e. The Morgan fingerprint density at radius 3 is 3.11 bits per heavy atom. The highest BCUT2D eigenvalue weighted by Crippen LogP contribution is 2.22. The van der Waals surface area contributed by atoms with Crippen LogP contribution >= 0.6 is 0 Å². The lowest BCUT2D eigenvalue weighted by Crippen LogP contribution is -2.32. The Labute approximate surface area is 114 Å². The molecular weight excluding hydrogens is 242 g/mol. The van der Waals surface area contributed by atoms with Crippen molar-refractivity contribution in [2.75, 3.05) is 20.3 Å². The number of fused-ring (bicyclic) bond motifs is 1. The summed E-state index contributed by atoms with van der Waals surface area (Å²) in [6.45, 7) is 3.27. The summed E-state index contributed by atoms with van der Waals surface area (Å²) in [6.07, 6.45) is 7.15. The van der Waals surface area contributed by atoms with E-state index in [-0.39, 0.29) is 11.9 Å². The summed E-state index contributed by atoms with van der Waals surface area (Å²) >= 11 is 0. The van der Waals surface area contributed by atoms with E-state index in [1.807, 2.05) is 17.8 Å². The van der Waals surface area contributed by atoms with Crippen LogP contribution in [0.15, 0.2) is 6.33 Å². The first-order valence-electron chi connectivity index (χ1n) is 7.05. The number of ether oxygens (including phenoxy) is 1. The Hall–Kier alpha value is -1.36. The van der Waals surface area contributed by atoms with E-state index in [2.05, 4.69) is 10.3 Å². The molecule has 1 aromatic rings. The molecule has 0 saturated carbocycles. The van der Waals surface area contributed by atoms with Crippen molar-refractivity contribution in [1.29, 1.82) is 0 Å². The highest BCUT2D eigenvalue weighted by atomic mass is 16.5. The highest BCUT2D eigenvalue weighted by Gasteiger charge is 2.21. The van der Waals surface area contributed by atoms with Crippen LogP contribution in [0.3, 0.4) is 0 Å². The fourth-order valence-electron chi connectivity index (χ4n) is 2.53. The third-order valence-electron chi connectivity index (χ3n) is 3.68. The van der Waals surface area contributed by atoms with Crippen molar-refractivity contribution >= 4 is 5.91 Å². The van der Waals surface area contributed by atoms with E-state index in [4.69, 9.17) is 4.74 Å². The van der Waals surface area contributed by atoms with Crippen molar-refractivity contribution in [3.8, 4) is 0 Å². The Kier molecular flexibility index (Phi) is 4.96. The van der Waals surface area contributed by atoms with E-state index >= 15 is 0 Å². The maximum atomic E-state index is 12.1. The molecule has 0 saturated heterocycles. The number of rotatable bonds is 6. The number of carbonyl (C=O) groups is 1. The summed E-state index contributed by atoms with van der Waals surface area (Å²) in [4.78, 5) is 16.5. The number of imidazole rings is 1. The zero-order valence-electron chi connectivity index (χ0n) is 11.8. The number of carbonyl (C=O) groups excluding carboxylic acids is 1. The van der Waals surface area contributed by atoms with Crippen molar-refractivity contribution < 1.29 is 9.53 Å². The van der Waals surface area contributed by atoms with Crippen LogP contribution in [0.25, 0.3) is 0 Å². The second kappa shape index (κ2) is 6.70. The number of nitrogens with one attached hydrogen (secondary N) is 1. The normalized spacial score (nSPS) is 15.9. The predicted octanol–water partition coefficient (Wildman–Crippen LogP) is 1.48. The fraction of sp³-hybridized carbons (Fsp3) is 0.714. The van der Waals surface area contributed by atoms with Crippen LogP contribution < -0.4 is 5.32 Å². The number of hydrogen-bond acceptors (Lipinski definition) is 3. The van der Waals surface area contributed by atoms with Crippen LogP contribution in [-0.4, -0.2) is 35.7 Å². The van der Waals surface area contributed by atoms with Gasteiger partial charge in [0.15, 0.2) is 0 Å². The van der Waals surface area contributed by atoms with E-state index in [1.54, 1.807) is 7.11 Å². The molecule has 19 heavy (non-hydrogen) atoms. The van der Waals surface area contributed by atoms with Gasteiger partial charge >= 0.3 is 0 Å². The monoisotopic (exact) mass is 265 g/mol. The van der Waals surface area contributed by atoms with Gasteiger partial charge in [0.25, 0.3) is 0 Å². The second-order valence-electron chi connectivity index (χ2n) is 5.07. The lowest BCUT2D eigenvalue weighted by atomic mass is 10.0. The first-order valence-corrected chi connectivity index (χ1v) is 7.05. The van der Waals surface area contributed by atoms with E-state index in [0.29, 0.717) is 13.2 Å². The highest BCUT2D eigenvalue weighted by molar-refractivity contribution is 5.80. The molecule has 0 aromatic carbocycles. The van der Waals surface area contributed by atoms with E-state index < -0.39 is 0 Å². The minimum Gasteiger partial charge on any atom is -0.385 e. The quantitative estimate of drug-likeness (QED) is 0.793. The molecule has 5 nitrogen and oxygen atoms in total. The zero-order valence-corrected chi connectivity index (χ0v) is 11.8. The molecule has 106 valence electrons. The van der Waals surface area contributed by atoms with Gasteiger partial charge in [-0.15, -0.1) is 0 Å². The Bertz CT molecular complexity index is 428. The summed E-state index contributed by atoms with van der Waals surface area (Å²) in [7, 11) is 1.67. The molecule has 0 spiro atoms. The SMILES string of the molecule is COCCCNC(=O)C(C)n1cnc2c1CCCC2. The lowest BCUT2D eigenvalue weighted by Gasteiger charge is -2.19. The van der Waals surface area contributed by atoms with E-state index in [1.165, 1.54) is 24.2 Å². The van der Waals surface area contributed by atoms with Gasteiger partial charge in [-0.2, -0.15) is 0 Å². The maximum absolute atomic E-state index is 12.1. The number of methoxy groups -OCH3 is 1. The van der Waals surface area contributed by atoms with Gasteiger partial charge in [-0.05, 0) is 39.0 Å². The van der Waals surface area contributed by atoms with Crippen LogP contribution in [0.1, 0.15) is 43.6 Å². The van der Waals surface area contributed by atoms with Crippen molar-refractivity contribution in [1.82, 2.24) is 14.9 Å². The predicted molar refractivity (Wildman–Crippen MR) is 73.1 cm³/mol. The number of amides is 1. The first kappa shape index (κ1) is 14.1. The smallest absolute Gasteiger partial charge is 0.242 e. The standard InChI is InChI=1S/C14H23N3O2/c1-11(14(18)15-8-5-9-19-2)17-10-16-12-6-3-4-7-13(12)17/h10-11H,3-9H2,1-2H3,(H,15,18). The van der Waals surface area contributed by atoms with Gasteiger partial charge in [0.1, 0.15) is 6.04 Å². The van der Waals surface area contributed by atoms with Crippen LogP contribution in [0, 0.1) is 0 Å². The molecule has 0 fully saturated rings. The summed E-state index contributed by atoms with van der Waals surface area (Å²) in [6, 6.07) is -0.183. The molecule has 1 aliphatic rings. The van der Waals surface area contributed by atoms with Crippen molar-refractivity contribution in [3.63, 3.8) is 0 Å². The second-order valence-corrected chi connectivity index (χ2v) is 5.07. The largest absolute Gasteiger partial charge is 0.385 e. The third-order valence-corrected chi connectivity index (χ3v) is 3.68. The van der Waals surface area contributed by atoms with Crippen molar-refractivity contribution in [2.45, 2.75) is 45.1 Å². The third kappa shape index (κ3) is 3.35. The van der Waals surface area contributed by atoms with Gasteiger partial charge in [0.05, 0.1) is 12.0 Å². The molecule has 1 unspecified atom stereocenters. The lowest BCUT2D eigenvalue weighted by molar-refractivity contribution is -0.123. The molecule has 1 atom stereocenters.